The van der Waals surface area contributed by atoms with Crippen molar-refractivity contribution < 1.29 is 9.53 Å². The molecule has 3 heteroatoms. The number of hydrogen-bond acceptors (Lipinski definition) is 2. The lowest BCUT2D eigenvalue weighted by Gasteiger charge is -2.01. The van der Waals surface area contributed by atoms with E-state index >= 15 is 0 Å². The maximum absolute atomic E-state index is 10.8. The molecule has 0 N–H and O–H groups in total. The van der Waals surface area contributed by atoms with Crippen molar-refractivity contribution in [1.82, 2.24) is 0 Å². The van der Waals surface area contributed by atoms with Crippen molar-refractivity contribution in [2.24, 2.45) is 0 Å². The van der Waals surface area contributed by atoms with Gasteiger partial charge >= 0.3 is 5.97 Å². The van der Waals surface area contributed by atoms with Gasteiger partial charge < -0.3 is 4.74 Å². The lowest BCUT2D eigenvalue weighted by molar-refractivity contribution is -0.131. The molecule has 0 aliphatic rings. The van der Waals surface area contributed by atoms with Gasteiger partial charge in [-0.1, -0.05) is 40.7 Å². The monoisotopic (exact) mass is 240 g/mol. The Kier molecular flexibility index (Phi) is 3.71. The fourth-order valence-electron chi connectivity index (χ4n) is 0.831. The van der Waals surface area contributed by atoms with Gasteiger partial charge in [0.15, 0.2) is 0 Å². The number of rotatable bonds is 3. The van der Waals surface area contributed by atoms with Crippen LogP contribution < -0.4 is 4.74 Å². The molecule has 0 radical (unpaired) electrons. The van der Waals surface area contributed by atoms with Crippen molar-refractivity contribution in [3.63, 3.8) is 0 Å². The molecule has 0 unspecified atom stereocenters. The van der Waals surface area contributed by atoms with Crippen LogP contribution in [-0.2, 0) is 4.79 Å². The zero-order valence-corrected chi connectivity index (χ0v) is 8.58. The molecule has 0 fully saturated rings. The van der Waals surface area contributed by atoms with E-state index in [0.29, 0.717) is 5.75 Å². The van der Waals surface area contributed by atoms with E-state index in [1.807, 2.05) is 12.1 Å². The Bertz CT molecular complexity index is 303. The number of hydrogen-bond donors (Lipinski definition) is 0. The molecule has 0 amide bonds. The van der Waals surface area contributed by atoms with Crippen molar-refractivity contribution in [2.75, 3.05) is 5.33 Å². The van der Waals surface area contributed by atoms with E-state index in [1.165, 1.54) is 0 Å². The molecular formula is C10H9BrO2. The number of alkyl halides is 1. The van der Waals surface area contributed by atoms with Crippen molar-refractivity contribution in [3.8, 4) is 5.75 Å². The first kappa shape index (κ1) is 9.99. The minimum atomic E-state index is -0.300. The van der Waals surface area contributed by atoms with E-state index < -0.39 is 0 Å². The lowest BCUT2D eigenvalue weighted by atomic mass is 10.2. The Morgan fingerprint density at radius 3 is 2.54 bits per heavy atom. The second-order valence-corrected chi connectivity index (χ2v) is 2.94. The van der Waals surface area contributed by atoms with E-state index in [2.05, 4.69) is 22.5 Å². The van der Waals surface area contributed by atoms with Gasteiger partial charge in [0, 0.05) is 0 Å². The van der Waals surface area contributed by atoms with Crippen LogP contribution in [0.3, 0.4) is 0 Å². The van der Waals surface area contributed by atoms with Gasteiger partial charge in [0.1, 0.15) is 11.1 Å². The highest BCUT2D eigenvalue weighted by atomic mass is 79.9. The minimum absolute atomic E-state index is 0.205. The molecule has 0 aliphatic carbocycles. The van der Waals surface area contributed by atoms with E-state index in [4.69, 9.17) is 4.74 Å². The maximum Gasteiger partial charge on any atom is 0.321 e. The first-order valence-corrected chi connectivity index (χ1v) is 4.87. The zero-order valence-electron chi connectivity index (χ0n) is 7.00. The van der Waals surface area contributed by atoms with Gasteiger partial charge in [-0.2, -0.15) is 0 Å². The normalized spacial score (nSPS) is 9.31. The molecule has 0 aliphatic heterocycles. The van der Waals surface area contributed by atoms with Gasteiger partial charge in [-0.3, -0.25) is 4.79 Å². The van der Waals surface area contributed by atoms with Crippen molar-refractivity contribution in [3.05, 3.63) is 36.4 Å². The predicted octanol–water partition coefficient (Wildman–Crippen LogP) is 2.63. The Labute approximate surface area is 85.3 Å². The summed E-state index contributed by atoms with van der Waals surface area (Å²) in [4.78, 5) is 10.8. The molecule has 0 spiro atoms. The summed E-state index contributed by atoms with van der Waals surface area (Å²) in [6.07, 6.45) is 1.73. The second-order valence-electron chi connectivity index (χ2n) is 2.38. The maximum atomic E-state index is 10.8. The van der Waals surface area contributed by atoms with E-state index in [9.17, 15) is 4.79 Å². The molecule has 13 heavy (non-hydrogen) atoms. The largest absolute Gasteiger partial charge is 0.426 e. The van der Waals surface area contributed by atoms with Gasteiger partial charge in [-0.15, -0.1) is 0 Å². The molecule has 0 saturated heterocycles. The molecule has 0 saturated carbocycles. The fourth-order valence-corrected chi connectivity index (χ4v) is 0.945. The SMILES string of the molecule is C=Cc1ccc(OC(=O)CBr)cc1. The molecule has 0 aromatic heterocycles. The Morgan fingerprint density at radius 2 is 2.08 bits per heavy atom. The van der Waals surface area contributed by atoms with Crippen LogP contribution in [0.15, 0.2) is 30.8 Å². The van der Waals surface area contributed by atoms with Crippen LogP contribution >= 0.6 is 15.9 Å². The number of carbonyl (C=O) groups excluding carboxylic acids is 1. The van der Waals surface area contributed by atoms with Crippen LogP contribution in [0.1, 0.15) is 5.56 Å². The first-order chi connectivity index (χ1) is 6.26. The van der Waals surface area contributed by atoms with Crippen LogP contribution in [0.4, 0.5) is 0 Å². The molecular weight excluding hydrogens is 232 g/mol. The minimum Gasteiger partial charge on any atom is -0.426 e. The highest BCUT2D eigenvalue weighted by Crippen LogP contribution is 2.13. The van der Waals surface area contributed by atoms with Crippen molar-refractivity contribution >= 4 is 28.0 Å². The molecule has 1 aromatic rings. The molecule has 0 heterocycles. The van der Waals surface area contributed by atoms with Gasteiger partial charge in [0.05, 0.1) is 0 Å². The highest BCUT2D eigenvalue weighted by Gasteiger charge is 2.00. The van der Waals surface area contributed by atoms with E-state index in [1.54, 1.807) is 18.2 Å². The quantitative estimate of drug-likeness (QED) is 0.462. The molecule has 1 rings (SSSR count). The Hall–Kier alpha value is -1.09. The summed E-state index contributed by atoms with van der Waals surface area (Å²) in [7, 11) is 0. The third-order valence-electron chi connectivity index (χ3n) is 1.46. The van der Waals surface area contributed by atoms with Crippen molar-refractivity contribution in [1.29, 1.82) is 0 Å². The third kappa shape index (κ3) is 3.03. The molecule has 0 bridgehead atoms. The summed E-state index contributed by atoms with van der Waals surface area (Å²) in [6, 6.07) is 7.14. The van der Waals surface area contributed by atoms with Gasteiger partial charge in [-0.05, 0) is 17.7 Å². The predicted molar refractivity (Wildman–Crippen MR) is 56.0 cm³/mol. The number of benzene rings is 1. The fraction of sp³-hybridized carbons (Fsp3) is 0.100. The molecule has 68 valence electrons. The van der Waals surface area contributed by atoms with Gasteiger partial charge in [0.25, 0.3) is 0 Å². The summed E-state index contributed by atoms with van der Waals surface area (Å²) >= 11 is 3.01. The van der Waals surface area contributed by atoms with Gasteiger partial charge in [0.2, 0.25) is 0 Å². The molecule has 1 aromatic carbocycles. The van der Waals surface area contributed by atoms with Crippen LogP contribution in [0.5, 0.6) is 5.75 Å². The number of halogens is 1. The van der Waals surface area contributed by atoms with E-state index in [0.717, 1.165) is 5.56 Å². The van der Waals surface area contributed by atoms with Crippen LogP contribution in [0, 0.1) is 0 Å². The smallest absolute Gasteiger partial charge is 0.321 e. The van der Waals surface area contributed by atoms with Crippen LogP contribution in [-0.4, -0.2) is 11.3 Å². The zero-order chi connectivity index (χ0) is 9.68. The summed E-state index contributed by atoms with van der Waals surface area (Å²) in [5.74, 6) is 0.251. The highest BCUT2D eigenvalue weighted by molar-refractivity contribution is 9.09. The number of carbonyl (C=O) groups is 1. The molecule has 2 nitrogen and oxygen atoms in total. The summed E-state index contributed by atoms with van der Waals surface area (Å²) in [5.41, 5.74) is 0.999. The lowest BCUT2D eigenvalue weighted by Crippen LogP contribution is -2.08. The average Bonchev–Trinajstić information content (AvgIpc) is 2.19. The van der Waals surface area contributed by atoms with Crippen molar-refractivity contribution in [2.45, 2.75) is 0 Å². The summed E-state index contributed by atoms with van der Waals surface area (Å²) in [6.45, 7) is 3.62. The topological polar surface area (TPSA) is 26.3 Å². The third-order valence-corrected chi connectivity index (χ3v) is 1.91. The van der Waals surface area contributed by atoms with Gasteiger partial charge in [-0.25, -0.2) is 0 Å². The number of esters is 1. The summed E-state index contributed by atoms with van der Waals surface area (Å²) < 4.78 is 4.94. The Balaban J connectivity index is 2.69. The average molecular weight is 241 g/mol. The standard InChI is InChI=1S/C10H9BrO2/c1-2-8-3-5-9(6-4-8)13-10(12)7-11/h2-6H,1,7H2. The van der Waals surface area contributed by atoms with E-state index in [-0.39, 0.29) is 11.3 Å². The number of ether oxygens (including phenoxy) is 1. The van der Waals surface area contributed by atoms with Crippen LogP contribution in [0.25, 0.3) is 6.08 Å². The molecule has 0 atom stereocenters. The van der Waals surface area contributed by atoms with Crippen LogP contribution in [0.2, 0.25) is 0 Å². The first-order valence-electron chi connectivity index (χ1n) is 3.75. The summed E-state index contributed by atoms with van der Waals surface area (Å²) in [5, 5.41) is 0.205. The Morgan fingerprint density at radius 1 is 1.46 bits per heavy atom. The second kappa shape index (κ2) is 4.82.